The topological polar surface area (TPSA) is 72.9 Å². The van der Waals surface area contributed by atoms with E-state index in [1.807, 2.05) is 42.9 Å². The van der Waals surface area contributed by atoms with Crippen LogP contribution in [0.2, 0.25) is 0 Å². The molecule has 5 nitrogen and oxygen atoms in total. The molecule has 1 amide bonds. The van der Waals surface area contributed by atoms with Crippen LogP contribution in [0.25, 0.3) is 0 Å². The number of hydrogen-bond acceptors (Lipinski definition) is 3. The molecule has 0 saturated carbocycles. The summed E-state index contributed by atoms with van der Waals surface area (Å²) in [4.78, 5) is 12.5. The first-order valence-corrected chi connectivity index (χ1v) is 8.17. The van der Waals surface area contributed by atoms with E-state index < -0.39 is 5.41 Å². The lowest BCUT2D eigenvalue weighted by Crippen LogP contribution is -2.45. The molecule has 124 valence electrons. The largest absolute Gasteiger partial charge is 0.352 e. The van der Waals surface area contributed by atoms with Gasteiger partial charge in [-0.1, -0.05) is 38.1 Å². The summed E-state index contributed by atoms with van der Waals surface area (Å²) >= 11 is 0. The van der Waals surface area contributed by atoms with Crippen LogP contribution in [0.5, 0.6) is 0 Å². The van der Waals surface area contributed by atoms with Crippen LogP contribution >= 0.6 is 0 Å². The molecule has 5 heteroatoms. The van der Waals surface area contributed by atoms with Crippen LogP contribution in [0, 0.1) is 5.41 Å². The van der Waals surface area contributed by atoms with Gasteiger partial charge in [-0.05, 0) is 30.0 Å². The van der Waals surface area contributed by atoms with Crippen molar-refractivity contribution in [2.24, 2.45) is 11.1 Å². The second kappa shape index (κ2) is 7.92. The molecule has 0 aliphatic carbocycles. The van der Waals surface area contributed by atoms with Crippen molar-refractivity contribution in [1.82, 2.24) is 15.1 Å². The molecule has 0 atom stereocenters. The Kier molecular flexibility index (Phi) is 5.93. The Balaban J connectivity index is 1.99. The third-order valence-electron chi connectivity index (χ3n) is 4.57. The third kappa shape index (κ3) is 4.20. The van der Waals surface area contributed by atoms with E-state index in [0.29, 0.717) is 13.1 Å². The summed E-state index contributed by atoms with van der Waals surface area (Å²) in [6, 6.07) is 10.1. The van der Waals surface area contributed by atoms with Gasteiger partial charge in [0.1, 0.15) is 0 Å². The molecule has 1 heterocycles. The molecule has 0 spiro atoms. The zero-order valence-electron chi connectivity index (χ0n) is 14.0. The van der Waals surface area contributed by atoms with Gasteiger partial charge < -0.3 is 11.1 Å². The van der Waals surface area contributed by atoms with Crippen molar-refractivity contribution in [3.63, 3.8) is 0 Å². The first kappa shape index (κ1) is 17.2. The molecular formula is C18H26N4O. The maximum absolute atomic E-state index is 12.5. The highest BCUT2D eigenvalue weighted by atomic mass is 16.2. The zero-order chi connectivity index (χ0) is 16.7. The van der Waals surface area contributed by atoms with Crippen LogP contribution in [-0.4, -0.2) is 22.2 Å². The maximum atomic E-state index is 12.5. The van der Waals surface area contributed by atoms with E-state index in [1.165, 1.54) is 0 Å². The molecule has 1 aromatic heterocycles. The van der Waals surface area contributed by atoms with Crippen LogP contribution in [0.1, 0.15) is 37.8 Å². The molecule has 0 aliphatic rings. The highest BCUT2D eigenvalue weighted by Gasteiger charge is 2.32. The standard InChI is InChI=1S/C18H26N4O/c1-3-18(4-2,14-19)17(23)20-12-15-7-5-8-16(11-15)13-22-10-6-9-21-22/h5-11H,3-4,12-14,19H2,1-2H3,(H,20,23). The smallest absolute Gasteiger partial charge is 0.227 e. The first-order valence-electron chi connectivity index (χ1n) is 8.17. The van der Waals surface area contributed by atoms with Gasteiger partial charge in [0.15, 0.2) is 0 Å². The minimum atomic E-state index is -0.452. The van der Waals surface area contributed by atoms with Gasteiger partial charge in [-0.2, -0.15) is 5.10 Å². The molecule has 0 unspecified atom stereocenters. The summed E-state index contributed by atoms with van der Waals surface area (Å²) in [5.74, 6) is 0.0440. The molecule has 1 aromatic carbocycles. The van der Waals surface area contributed by atoms with Crippen LogP contribution < -0.4 is 11.1 Å². The third-order valence-corrected chi connectivity index (χ3v) is 4.57. The van der Waals surface area contributed by atoms with E-state index in [4.69, 9.17) is 5.73 Å². The fourth-order valence-corrected chi connectivity index (χ4v) is 2.74. The quantitative estimate of drug-likeness (QED) is 0.785. The number of nitrogens with zero attached hydrogens (tertiary/aromatic N) is 2. The van der Waals surface area contributed by atoms with E-state index in [2.05, 4.69) is 22.5 Å². The van der Waals surface area contributed by atoms with E-state index in [-0.39, 0.29) is 5.91 Å². The number of amides is 1. The second-order valence-electron chi connectivity index (χ2n) is 5.90. The molecule has 2 rings (SSSR count). The fraction of sp³-hybridized carbons (Fsp3) is 0.444. The van der Waals surface area contributed by atoms with Crippen molar-refractivity contribution in [3.05, 3.63) is 53.9 Å². The average Bonchev–Trinajstić information content (AvgIpc) is 3.08. The zero-order valence-corrected chi connectivity index (χ0v) is 14.0. The van der Waals surface area contributed by atoms with E-state index in [1.54, 1.807) is 6.20 Å². The summed E-state index contributed by atoms with van der Waals surface area (Å²) in [6.07, 6.45) is 5.22. The van der Waals surface area contributed by atoms with Gasteiger partial charge in [0.25, 0.3) is 0 Å². The Morgan fingerprint density at radius 1 is 1.26 bits per heavy atom. The number of nitrogens with one attached hydrogen (secondary N) is 1. The number of carbonyl (C=O) groups is 1. The number of nitrogens with two attached hydrogens (primary N) is 1. The molecule has 23 heavy (non-hydrogen) atoms. The molecule has 3 N–H and O–H groups in total. The molecule has 0 aliphatic heterocycles. The molecule has 0 saturated heterocycles. The van der Waals surface area contributed by atoms with Crippen molar-refractivity contribution in [2.45, 2.75) is 39.8 Å². The number of benzene rings is 1. The molecule has 0 bridgehead atoms. The van der Waals surface area contributed by atoms with Crippen molar-refractivity contribution in [1.29, 1.82) is 0 Å². The van der Waals surface area contributed by atoms with Gasteiger partial charge in [-0.3, -0.25) is 9.48 Å². The Morgan fingerprint density at radius 3 is 2.61 bits per heavy atom. The predicted octanol–water partition coefficient (Wildman–Crippen LogP) is 2.31. The summed E-state index contributed by atoms with van der Waals surface area (Å²) in [5, 5.41) is 7.25. The van der Waals surface area contributed by atoms with Crippen LogP contribution in [0.3, 0.4) is 0 Å². The van der Waals surface area contributed by atoms with E-state index in [0.717, 1.165) is 30.5 Å². The molecule has 2 aromatic rings. The number of carbonyl (C=O) groups excluding carboxylic acids is 1. The lowest BCUT2D eigenvalue weighted by Gasteiger charge is -2.28. The fourth-order valence-electron chi connectivity index (χ4n) is 2.74. The predicted molar refractivity (Wildman–Crippen MR) is 91.7 cm³/mol. The van der Waals surface area contributed by atoms with E-state index >= 15 is 0 Å². The van der Waals surface area contributed by atoms with Gasteiger partial charge in [-0.25, -0.2) is 0 Å². The second-order valence-corrected chi connectivity index (χ2v) is 5.90. The average molecular weight is 314 g/mol. The number of aromatic nitrogens is 2. The molecular weight excluding hydrogens is 288 g/mol. The van der Waals surface area contributed by atoms with Gasteiger partial charge in [0, 0.05) is 25.5 Å². The Hall–Kier alpha value is -2.14. The monoisotopic (exact) mass is 314 g/mol. The number of rotatable bonds is 8. The summed E-state index contributed by atoms with van der Waals surface area (Å²) in [6.45, 7) is 5.66. The first-order chi connectivity index (χ1) is 11.1. The van der Waals surface area contributed by atoms with Gasteiger partial charge in [-0.15, -0.1) is 0 Å². The van der Waals surface area contributed by atoms with E-state index in [9.17, 15) is 4.79 Å². The summed E-state index contributed by atoms with van der Waals surface area (Å²) in [5.41, 5.74) is 7.62. The number of hydrogen-bond donors (Lipinski definition) is 2. The minimum absolute atomic E-state index is 0.0440. The highest BCUT2D eigenvalue weighted by molar-refractivity contribution is 5.82. The van der Waals surface area contributed by atoms with Crippen molar-refractivity contribution in [2.75, 3.05) is 6.54 Å². The lowest BCUT2D eigenvalue weighted by molar-refractivity contribution is -0.131. The SMILES string of the molecule is CCC(CC)(CN)C(=O)NCc1cccc(Cn2cccn2)c1. The summed E-state index contributed by atoms with van der Waals surface area (Å²) < 4.78 is 1.88. The summed E-state index contributed by atoms with van der Waals surface area (Å²) in [7, 11) is 0. The van der Waals surface area contributed by atoms with Gasteiger partial charge in [0.2, 0.25) is 5.91 Å². The van der Waals surface area contributed by atoms with Crippen LogP contribution in [-0.2, 0) is 17.9 Å². The Labute approximate surface area is 137 Å². The lowest BCUT2D eigenvalue weighted by atomic mass is 9.81. The van der Waals surface area contributed by atoms with Crippen LogP contribution in [0.4, 0.5) is 0 Å². The van der Waals surface area contributed by atoms with Crippen molar-refractivity contribution < 1.29 is 4.79 Å². The molecule has 0 radical (unpaired) electrons. The Bertz CT molecular complexity index is 609. The minimum Gasteiger partial charge on any atom is -0.352 e. The van der Waals surface area contributed by atoms with Gasteiger partial charge in [0.05, 0.1) is 12.0 Å². The van der Waals surface area contributed by atoms with Gasteiger partial charge >= 0.3 is 0 Å². The van der Waals surface area contributed by atoms with Crippen LogP contribution in [0.15, 0.2) is 42.7 Å². The molecule has 0 fully saturated rings. The normalized spacial score (nSPS) is 11.4. The maximum Gasteiger partial charge on any atom is 0.227 e. The van der Waals surface area contributed by atoms with Crippen molar-refractivity contribution in [3.8, 4) is 0 Å². The Morgan fingerprint density at radius 2 is 2.00 bits per heavy atom. The van der Waals surface area contributed by atoms with Crippen molar-refractivity contribution >= 4 is 5.91 Å². The highest BCUT2D eigenvalue weighted by Crippen LogP contribution is 2.25.